The molecular weight excluding hydrogens is 354 g/mol. The molecule has 0 spiro atoms. The van der Waals surface area contributed by atoms with Gasteiger partial charge in [0, 0.05) is 27.2 Å². The number of fused-ring (bicyclic) bond motifs is 6. The first-order valence-electron chi connectivity index (χ1n) is 8.90. The highest BCUT2D eigenvalue weighted by atomic mass is 35.5. The van der Waals surface area contributed by atoms with Crippen molar-refractivity contribution in [1.29, 1.82) is 0 Å². The molecule has 6 rings (SSSR count). The van der Waals surface area contributed by atoms with Gasteiger partial charge in [0.05, 0.1) is 16.1 Å². The van der Waals surface area contributed by atoms with Crippen LogP contribution in [0.15, 0.2) is 89.3 Å². The van der Waals surface area contributed by atoms with Crippen molar-refractivity contribution in [1.82, 2.24) is 4.57 Å². The molecule has 0 aliphatic heterocycles. The summed E-state index contributed by atoms with van der Waals surface area (Å²) in [5.74, 6) is 0. The van der Waals surface area contributed by atoms with Gasteiger partial charge in [-0.1, -0.05) is 54.1 Å². The lowest BCUT2D eigenvalue weighted by Gasteiger charge is -2.08. The molecule has 0 fully saturated rings. The second-order valence-corrected chi connectivity index (χ2v) is 7.17. The molecule has 2 heterocycles. The Labute approximate surface area is 160 Å². The zero-order chi connectivity index (χ0) is 18.0. The van der Waals surface area contributed by atoms with Gasteiger partial charge in [-0.05, 0) is 42.5 Å². The van der Waals surface area contributed by atoms with Gasteiger partial charge in [0.2, 0.25) is 0 Å². The van der Waals surface area contributed by atoms with Gasteiger partial charge in [-0.25, -0.2) is 0 Å². The van der Waals surface area contributed by atoms with Gasteiger partial charge >= 0.3 is 0 Å². The van der Waals surface area contributed by atoms with E-state index in [1.807, 2.05) is 24.3 Å². The first-order valence-corrected chi connectivity index (χ1v) is 9.28. The second kappa shape index (κ2) is 5.38. The van der Waals surface area contributed by atoms with Crippen molar-refractivity contribution in [3.63, 3.8) is 0 Å². The largest absolute Gasteiger partial charge is 0.456 e. The topological polar surface area (TPSA) is 18.1 Å². The van der Waals surface area contributed by atoms with E-state index in [2.05, 4.69) is 65.2 Å². The number of benzene rings is 4. The van der Waals surface area contributed by atoms with Crippen LogP contribution in [0.5, 0.6) is 0 Å². The molecule has 0 aliphatic carbocycles. The molecule has 0 N–H and O–H groups in total. The molecule has 2 aromatic heterocycles. The summed E-state index contributed by atoms with van der Waals surface area (Å²) in [7, 11) is 0. The van der Waals surface area contributed by atoms with E-state index in [0.717, 1.165) is 27.6 Å². The molecule has 0 saturated carbocycles. The zero-order valence-corrected chi connectivity index (χ0v) is 15.1. The number of furan rings is 1. The van der Waals surface area contributed by atoms with E-state index < -0.39 is 0 Å². The van der Waals surface area contributed by atoms with Crippen LogP contribution in [0.3, 0.4) is 0 Å². The smallest absolute Gasteiger partial charge is 0.136 e. The van der Waals surface area contributed by atoms with Crippen molar-refractivity contribution >= 4 is 55.3 Å². The number of aromatic nitrogens is 1. The highest BCUT2D eigenvalue weighted by Gasteiger charge is 2.14. The van der Waals surface area contributed by atoms with Gasteiger partial charge in [-0.2, -0.15) is 0 Å². The van der Waals surface area contributed by atoms with E-state index in [4.69, 9.17) is 16.0 Å². The van der Waals surface area contributed by atoms with Crippen LogP contribution in [-0.2, 0) is 0 Å². The molecule has 128 valence electrons. The molecule has 4 aromatic carbocycles. The number of nitrogens with zero attached hydrogens (tertiary/aromatic N) is 1. The van der Waals surface area contributed by atoms with Crippen molar-refractivity contribution in [2.45, 2.75) is 0 Å². The first kappa shape index (κ1) is 14.9. The van der Waals surface area contributed by atoms with Crippen LogP contribution < -0.4 is 0 Å². The van der Waals surface area contributed by atoms with Gasteiger partial charge in [-0.3, -0.25) is 0 Å². The summed E-state index contributed by atoms with van der Waals surface area (Å²) in [6.45, 7) is 0. The maximum Gasteiger partial charge on any atom is 0.136 e. The minimum Gasteiger partial charge on any atom is -0.456 e. The SMILES string of the molecule is Clc1cccc2oc3ccc(-n4c5ccccc5c5ccccc54)cc3c12. The lowest BCUT2D eigenvalue weighted by Crippen LogP contribution is -1.93. The van der Waals surface area contributed by atoms with Crippen LogP contribution in [-0.4, -0.2) is 4.57 Å². The third-order valence-electron chi connectivity index (χ3n) is 5.27. The standard InChI is InChI=1S/C24H14ClNO/c25-19-8-5-11-23-24(19)18-14-15(12-13-22(18)27-23)26-20-9-3-1-6-16(20)17-7-2-4-10-21(17)26/h1-14H. The predicted octanol–water partition coefficient (Wildman–Crippen LogP) is 7.34. The Morgan fingerprint density at radius 3 is 2.07 bits per heavy atom. The fourth-order valence-electron chi connectivity index (χ4n) is 4.11. The van der Waals surface area contributed by atoms with Crippen molar-refractivity contribution in [3.05, 3.63) is 90.0 Å². The van der Waals surface area contributed by atoms with Crippen molar-refractivity contribution in [3.8, 4) is 5.69 Å². The van der Waals surface area contributed by atoms with Crippen LogP contribution in [0.4, 0.5) is 0 Å². The third kappa shape index (κ3) is 2.02. The normalized spacial score (nSPS) is 11.9. The number of para-hydroxylation sites is 2. The quantitative estimate of drug-likeness (QED) is 0.297. The Kier molecular flexibility index (Phi) is 2.97. The highest BCUT2D eigenvalue weighted by Crippen LogP contribution is 2.37. The molecular formula is C24H14ClNO. The molecule has 0 saturated heterocycles. The highest BCUT2D eigenvalue weighted by molar-refractivity contribution is 6.37. The lowest BCUT2D eigenvalue weighted by atomic mass is 10.1. The average molecular weight is 368 g/mol. The zero-order valence-electron chi connectivity index (χ0n) is 14.3. The maximum atomic E-state index is 6.48. The Morgan fingerprint density at radius 1 is 0.630 bits per heavy atom. The molecule has 0 bridgehead atoms. The number of halogens is 1. The molecule has 3 heteroatoms. The van der Waals surface area contributed by atoms with Gasteiger partial charge in [0.15, 0.2) is 0 Å². The molecule has 2 nitrogen and oxygen atoms in total. The Morgan fingerprint density at radius 2 is 1.33 bits per heavy atom. The molecule has 0 atom stereocenters. The molecule has 0 aliphatic rings. The molecule has 6 aromatic rings. The summed E-state index contributed by atoms with van der Waals surface area (Å²) >= 11 is 6.48. The van der Waals surface area contributed by atoms with Gasteiger partial charge < -0.3 is 8.98 Å². The number of hydrogen-bond acceptors (Lipinski definition) is 1. The van der Waals surface area contributed by atoms with Crippen molar-refractivity contribution in [2.24, 2.45) is 0 Å². The van der Waals surface area contributed by atoms with Gasteiger partial charge in [0.25, 0.3) is 0 Å². The average Bonchev–Trinajstić information content (AvgIpc) is 3.24. The van der Waals surface area contributed by atoms with Crippen LogP contribution in [0.2, 0.25) is 5.02 Å². The Balaban J connectivity index is 1.76. The van der Waals surface area contributed by atoms with Gasteiger partial charge in [-0.15, -0.1) is 0 Å². The minimum absolute atomic E-state index is 0.714. The molecule has 27 heavy (non-hydrogen) atoms. The van der Waals surface area contributed by atoms with E-state index in [1.165, 1.54) is 21.8 Å². The van der Waals surface area contributed by atoms with E-state index in [1.54, 1.807) is 0 Å². The maximum absolute atomic E-state index is 6.48. The third-order valence-corrected chi connectivity index (χ3v) is 5.58. The summed E-state index contributed by atoms with van der Waals surface area (Å²) in [5.41, 5.74) is 5.15. The fraction of sp³-hybridized carbons (Fsp3) is 0. The molecule has 0 radical (unpaired) electrons. The predicted molar refractivity (Wildman–Crippen MR) is 113 cm³/mol. The van der Waals surface area contributed by atoms with Gasteiger partial charge in [0.1, 0.15) is 11.2 Å². The van der Waals surface area contributed by atoms with Crippen LogP contribution >= 0.6 is 11.6 Å². The van der Waals surface area contributed by atoms with Crippen molar-refractivity contribution < 1.29 is 4.42 Å². The van der Waals surface area contributed by atoms with E-state index in [9.17, 15) is 0 Å². The molecule has 0 amide bonds. The van der Waals surface area contributed by atoms with E-state index >= 15 is 0 Å². The lowest BCUT2D eigenvalue weighted by molar-refractivity contribution is 0.669. The second-order valence-electron chi connectivity index (χ2n) is 6.77. The van der Waals surface area contributed by atoms with Crippen LogP contribution in [0, 0.1) is 0 Å². The Bertz CT molecular complexity index is 1440. The summed E-state index contributed by atoms with van der Waals surface area (Å²) in [4.78, 5) is 0. The monoisotopic (exact) mass is 367 g/mol. The van der Waals surface area contributed by atoms with E-state index in [-0.39, 0.29) is 0 Å². The first-order chi connectivity index (χ1) is 13.3. The summed E-state index contributed by atoms with van der Waals surface area (Å²) < 4.78 is 8.29. The fourth-order valence-corrected chi connectivity index (χ4v) is 4.38. The van der Waals surface area contributed by atoms with Crippen LogP contribution in [0.1, 0.15) is 0 Å². The molecule has 0 unspecified atom stereocenters. The summed E-state index contributed by atoms with van der Waals surface area (Å²) in [6, 6.07) is 29.1. The minimum atomic E-state index is 0.714. The number of hydrogen-bond donors (Lipinski definition) is 0. The summed E-state index contributed by atoms with van der Waals surface area (Å²) in [5, 5.41) is 5.23. The number of rotatable bonds is 1. The van der Waals surface area contributed by atoms with Crippen LogP contribution in [0.25, 0.3) is 49.4 Å². The summed E-state index contributed by atoms with van der Waals surface area (Å²) in [6.07, 6.45) is 0. The Hall–Kier alpha value is -3.23. The van der Waals surface area contributed by atoms with Crippen molar-refractivity contribution in [2.75, 3.05) is 0 Å². The van der Waals surface area contributed by atoms with E-state index in [0.29, 0.717) is 5.02 Å².